The van der Waals surface area contributed by atoms with E-state index in [0.29, 0.717) is 29.4 Å². The molecule has 1 aromatic carbocycles. The van der Waals surface area contributed by atoms with Gasteiger partial charge in [-0.2, -0.15) is 0 Å². The smallest absolute Gasteiger partial charge is 0.255 e. The minimum Gasteiger partial charge on any atom is -0.497 e. The average molecular weight is 281 g/mol. The van der Waals surface area contributed by atoms with Crippen LogP contribution in [-0.4, -0.2) is 37.9 Å². The summed E-state index contributed by atoms with van der Waals surface area (Å²) >= 11 is 0. The summed E-state index contributed by atoms with van der Waals surface area (Å²) in [7, 11) is 3.04. The lowest BCUT2D eigenvalue weighted by Gasteiger charge is -2.15. The molecule has 0 aliphatic heterocycles. The van der Waals surface area contributed by atoms with Gasteiger partial charge >= 0.3 is 0 Å². The van der Waals surface area contributed by atoms with Crippen molar-refractivity contribution in [1.29, 1.82) is 0 Å². The molecule has 1 amide bonds. The number of nitrogens with one attached hydrogen (secondary N) is 1. The van der Waals surface area contributed by atoms with Gasteiger partial charge in [-0.1, -0.05) is 13.8 Å². The van der Waals surface area contributed by atoms with Crippen LogP contribution in [0.2, 0.25) is 0 Å². The molecule has 0 aromatic heterocycles. The summed E-state index contributed by atoms with van der Waals surface area (Å²) in [5.74, 6) is 1.15. The quantitative estimate of drug-likeness (QED) is 0.800. The van der Waals surface area contributed by atoms with Crippen LogP contribution in [0.25, 0.3) is 0 Å². The number of aliphatic hydroxyl groups excluding tert-OH is 1. The average Bonchev–Trinajstić information content (AvgIpc) is 2.43. The predicted octanol–water partition coefficient (Wildman–Crippen LogP) is 1.84. The third-order valence-corrected chi connectivity index (χ3v) is 2.89. The molecule has 0 bridgehead atoms. The third kappa shape index (κ3) is 4.74. The number of carbonyl (C=O) groups excluding carboxylic acids is 1. The van der Waals surface area contributed by atoms with Gasteiger partial charge < -0.3 is 19.9 Å². The van der Waals surface area contributed by atoms with Crippen molar-refractivity contribution in [1.82, 2.24) is 5.32 Å². The number of ether oxygens (including phenoxy) is 2. The zero-order valence-electron chi connectivity index (χ0n) is 12.5. The Bertz CT molecular complexity index is 445. The van der Waals surface area contributed by atoms with Crippen molar-refractivity contribution >= 4 is 5.91 Å². The minimum absolute atomic E-state index is 0.220. The normalized spacial score (nSPS) is 12.1. The molecular weight excluding hydrogens is 258 g/mol. The van der Waals surface area contributed by atoms with E-state index in [1.54, 1.807) is 18.2 Å². The number of carbonyl (C=O) groups is 1. The number of hydrogen-bond acceptors (Lipinski definition) is 4. The van der Waals surface area contributed by atoms with Gasteiger partial charge in [0, 0.05) is 6.54 Å². The summed E-state index contributed by atoms with van der Waals surface area (Å²) in [6.07, 6.45) is 0.103. The molecule has 0 radical (unpaired) electrons. The Kier molecular flexibility index (Phi) is 6.31. The van der Waals surface area contributed by atoms with Crippen LogP contribution in [0.4, 0.5) is 0 Å². The van der Waals surface area contributed by atoms with Crippen LogP contribution in [-0.2, 0) is 0 Å². The molecule has 1 aromatic rings. The Morgan fingerprint density at radius 3 is 2.55 bits per heavy atom. The number of benzene rings is 1. The van der Waals surface area contributed by atoms with Gasteiger partial charge in [0.05, 0.1) is 25.9 Å². The Morgan fingerprint density at radius 2 is 2.00 bits per heavy atom. The fraction of sp³-hybridized carbons (Fsp3) is 0.533. The molecule has 0 spiro atoms. The van der Waals surface area contributed by atoms with Crippen molar-refractivity contribution in [2.24, 2.45) is 5.92 Å². The highest BCUT2D eigenvalue weighted by Crippen LogP contribution is 2.23. The molecule has 5 heteroatoms. The van der Waals surface area contributed by atoms with Gasteiger partial charge in [0.2, 0.25) is 0 Å². The summed E-state index contributed by atoms with van der Waals surface area (Å²) in [6.45, 7) is 4.27. The molecule has 0 saturated carbocycles. The lowest BCUT2D eigenvalue weighted by Crippen LogP contribution is -2.33. The molecule has 0 aliphatic rings. The summed E-state index contributed by atoms with van der Waals surface area (Å²) in [5.41, 5.74) is 0.392. The van der Waals surface area contributed by atoms with E-state index in [-0.39, 0.29) is 12.5 Å². The van der Waals surface area contributed by atoms with Crippen molar-refractivity contribution in [2.75, 3.05) is 20.8 Å². The Labute approximate surface area is 119 Å². The van der Waals surface area contributed by atoms with Gasteiger partial charge in [0.15, 0.2) is 0 Å². The van der Waals surface area contributed by atoms with Crippen molar-refractivity contribution in [2.45, 2.75) is 26.4 Å². The first-order valence-electron chi connectivity index (χ1n) is 6.66. The van der Waals surface area contributed by atoms with E-state index in [0.717, 1.165) is 0 Å². The first kappa shape index (κ1) is 16.3. The first-order chi connectivity index (χ1) is 9.47. The first-order valence-corrected chi connectivity index (χ1v) is 6.66. The molecular formula is C15H23NO4. The van der Waals surface area contributed by atoms with Crippen LogP contribution in [0.5, 0.6) is 11.5 Å². The van der Waals surface area contributed by atoms with E-state index < -0.39 is 6.10 Å². The van der Waals surface area contributed by atoms with E-state index in [2.05, 4.69) is 5.32 Å². The van der Waals surface area contributed by atoms with Gasteiger partial charge in [-0.05, 0) is 30.5 Å². The topological polar surface area (TPSA) is 67.8 Å². The van der Waals surface area contributed by atoms with Gasteiger partial charge in [-0.15, -0.1) is 0 Å². The molecule has 2 N–H and O–H groups in total. The second-order valence-corrected chi connectivity index (χ2v) is 5.06. The highest BCUT2D eigenvalue weighted by molar-refractivity contribution is 5.97. The number of rotatable bonds is 7. The minimum atomic E-state index is -0.546. The number of amides is 1. The number of hydrogen-bond donors (Lipinski definition) is 2. The standard InChI is InChI=1S/C15H23NO4/c1-10(2)7-11(17)9-16-15(18)13-8-12(19-3)5-6-14(13)20-4/h5-6,8,10-11,17H,7,9H2,1-4H3,(H,16,18). The Morgan fingerprint density at radius 1 is 1.30 bits per heavy atom. The van der Waals surface area contributed by atoms with Crippen LogP contribution in [0.3, 0.4) is 0 Å². The number of aliphatic hydroxyl groups is 1. The molecule has 0 fully saturated rings. The maximum Gasteiger partial charge on any atom is 0.255 e. The summed E-state index contributed by atoms with van der Waals surface area (Å²) in [4.78, 5) is 12.1. The Balaban J connectivity index is 2.71. The van der Waals surface area contributed by atoms with Crippen molar-refractivity contribution in [3.8, 4) is 11.5 Å². The molecule has 1 rings (SSSR count). The largest absolute Gasteiger partial charge is 0.497 e. The highest BCUT2D eigenvalue weighted by Gasteiger charge is 2.15. The Hall–Kier alpha value is -1.75. The van der Waals surface area contributed by atoms with Crippen LogP contribution in [0, 0.1) is 5.92 Å². The maximum absolute atomic E-state index is 12.1. The summed E-state index contributed by atoms with van der Waals surface area (Å²) in [6, 6.07) is 5.02. The summed E-state index contributed by atoms with van der Waals surface area (Å²) < 4.78 is 10.3. The highest BCUT2D eigenvalue weighted by atomic mass is 16.5. The SMILES string of the molecule is COc1ccc(OC)c(C(=O)NCC(O)CC(C)C)c1. The van der Waals surface area contributed by atoms with Crippen LogP contribution in [0.15, 0.2) is 18.2 Å². The van der Waals surface area contributed by atoms with E-state index in [1.807, 2.05) is 13.8 Å². The van der Waals surface area contributed by atoms with Crippen molar-refractivity contribution in [3.05, 3.63) is 23.8 Å². The maximum atomic E-state index is 12.1. The van der Waals surface area contributed by atoms with Crippen LogP contribution < -0.4 is 14.8 Å². The fourth-order valence-corrected chi connectivity index (χ4v) is 1.92. The molecule has 1 unspecified atom stereocenters. The lowest BCUT2D eigenvalue weighted by atomic mass is 10.1. The second-order valence-electron chi connectivity index (χ2n) is 5.06. The lowest BCUT2D eigenvalue weighted by molar-refractivity contribution is 0.0897. The number of methoxy groups -OCH3 is 2. The van der Waals surface area contributed by atoms with Gasteiger partial charge in [0.1, 0.15) is 11.5 Å². The van der Waals surface area contributed by atoms with E-state index in [1.165, 1.54) is 14.2 Å². The zero-order valence-corrected chi connectivity index (χ0v) is 12.5. The molecule has 112 valence electrons. The summed E-state index contributed by atoms with van der Waals surface area (Å²) in [5, 5.41) is 12.5. The van der Waals surface area contributed by atoms with Crippen LogP contribution in [0.1, 0.15) is 30.6 Å². The molecule has 20 heavy (non-hydrogen) atoms. The van der Waals surface area contributed by atoms with Gasteiger partial charge in [-0.3, -0.25) is 4.79 Å². The molecule has 0 heterocycles. The molecule has 5 nitrogen and oxygen atoms in total. The monoisotopic (exact) mass is 281 g/mol. The molecule has 0 aliphatic carbocycles. The third-order valence-electron chi connectivity index (χ3n) is 2.89. The second kappa shape index (κ2) is 7.75. The predicted molar refractivity (Wildman–Crippen MR) is 77.3 cm³/mol. The van der Waals surface area contributed by atoms with Crippen molar-refractivity contribution < 1.29 is 19.4 Å². The molecule has 1 atom stereocenters. The van der Waals surface area contributed by atoms with E-state index in [4.69, 9.17) is 9.47 Å². The molecule has 0 saturated heterocycles. The fourth-order valence-electron chi connectivity index (χ4n) is 1.92. The van der Waals surface area contributed by atoms with Crippen LogP contribution >= 0.6 is 0 Å². The van der Waals surface area contributed by atoms with Gasteiger partial charge in [0.25, 0.3) is 5.91 Å². The van der Waals surface area contributed by atoms with Crippen molar-refractivity contribution in [3.63, 3.8) is 0 Å². The van der Waals surface area contributed by atoms with Gasteiger partial charge in [-0.25, -0.2) is 0 Å². The van der Waals surface area contributed by atoms with E-state index in [9.17, 15) is 9.90 Å². The van der Waals surface area contributed by atoms with E-state index >= 15 is 0 Å². The zero-order chi connectivity index (χ0) is 15.1.